The minimum atomic E-state index is 0.000344. The van der Waals surface area contributed by atoms with Gasteiger partial charge in [0.15, 0.2) is 5.78 Å². The molecule has 0 aromatic heterocycles. The molecular formula is C16H13NO2S. The van der Waals surface area contributed by atoms with Crippen molar-refractivity contribution in [2.75, 3.05) is 12.4 Å². The fourth-order valence-corrected chi connectivity index (χ4v) is 2.93. The van der Waals surface area contributed by atoms with Crippen LogP contribution >= 0.6 is 11.8 Å². The number of nitrogens with one attached hydrogen (secondary N) is 1. The van der Waals surface area contributed by atoms with Crippen LogP contribution < -0.4 is 10.1 Å². The topological polar surface area (TPSA) is 38.3 Å². The van der Waals surface area contributed by atoms with E-state index in [1.54, 1.807) is 13.2 Å². The maximum atomic E-state index is 12.1. The Hall–Kier alpha value is -2.20. The van der Waals surface area contributed by atoms with Crippen LogP contribution in [0.25, 0.3) is 0 Å². The molecule has 0 amide bonds. The Labute approximate surface area is 121 Å². The van der Waals surface area contributed by atoms with Crippen LogP contribution in [0.15, 0.2) is 64.5 Å². The minimum absolute atomic E-state index is 0.000344. The van der Waals surface area contributed by atoms with Gasteiger partial charge in [0.05, 0.1) is 17.8 Å². The van der Waals surface area contributed by atoms with Gasteiger partial charge >= 0.3 is 0 Å². The molecule has 3 nitrogen and oxygen atoms in total. The van der Waals surface area contributed by atoms with Crippen LogP contribution in [0.4, 0.5) is 5.69 Å². The number of rotatable bonds is 3. The molecule has 0 spiro atoms. The monoisotopic (exact) mass is 283 g/mol. The third-order valence-corrected chi connectivity index (χ3v) is 3.98. The van der Waals surface area contributed by atoms with E-state index in [1.165, 1.54) is 11.8 Å². The number of ketones is 1. The standard InChI is InChI=1S/C16H13NO2S/c1-19-12-7-8-13-15(9-12)20-16(17-13)10-14(18)11-5-3-2-4-6-11/h2-10,17H,1H3. The zero-order valence-corrected chi connectivity index (χ0v) is 11.7. The van der Waals surface area contributed by atoms with Gasteiger partial charge in [-0.3, -0.25) is 4.79 Å². The van der Waals surface area contributed by atoms with E-state index in [2.05, 4.69) is 5.32 Å². The summed E-state index contributed by atoms with van der Waals surface area (Å²) < 4.78 is 5.20. The molecule has 0 aliphatic carbocycles. The molecule has 2 aromatic carbocycles. The molecule has 1 aliphatic rings. The van der Waals surface area contributed by atoms with Crippen molar-refractivity contribution in [3.8, 4) is 5.75 Å². The van der Waals surface area contributed by atoms with Gasteiger partial charge in [-0.15, -0.1) is 0 Å². The van der Waals surface area contributed by atoms with E-state index in [0.717, 1.165) is 21.4 Å². The average molecular weight is 283 g/mol. The fraction of sp³-hybridized carbons (Fsp3) is 0.0625. The molecule has 0 atom stereocenters. The first-order valence-electron chi connectivity index (χ1n) is 6.20. The van der Waals surface area contributed by atoms with Crippen LogP contribution in [0.3, 0.4) is 0 Å². The lowest BCUT2D eigenvalue weighted by Gasteiger charge is -2.01. The minimum Gasteiger partial charge on any atom is -0.497 e. The summed E-state index contributed by atoms with van der Waals surface area (Å²) in [6, 6.07) is 15.1. The van der Waals surface area contributed by atoms with Gasteiger partial charge in [0.25, 0.3) is 0 Å². The highest BCUT2D eigenvalue weighted by atomic mass is 32.2. The fourth-order valence-electron chi connectivity index (χ4n) is 1.96. The predicted octanol–water partition coefficient (Wildman–Crippen LogP) is 3.94. The molecule has 2 aromatic rings. The molecule has 0 unspecified atom stereocenters. The van der Waals surface area contributed by atoms with Crippen LogP contribution in [0.2, 0.25) is 0 Å². The summed E-state index contributed by atoms with van der Waals surface area (Å²) in [5.41, 5.74) is 1.69. The van der Waals surface area contributed by atoms with Gasteiger partial charge in [0.1, 0.15) is 5.75 Å². The van der Waals surface area contributed by atoms with E-state index in [-0.39, 0.29) is 5.78 Å². The van der Waals surface area contributed by atoms with Crippen molar-refractivity contribution in [3.05, 3.63) is 65.2 Å². The largest absolute Gasteiger partial charge is 0.497 e. The number of benzene rings is 2. The number of allylic oxidation sites excluding steroid dienone is 1. The van der Waals surface area contributed by atoms with Crippen molar-refractivity contribution >= 4 is 23.2 Å². The number of fused-ring (bicyclic) bond motifs is 1. The first kappa shape index (κ1) is 12.8. The van der Waals surface area contributed by atoms with Crippen molar-refractivity contribution in [3.63, 3.8) is 0 Å². The number of thioether (sulfide) groups is 1. The first-order valence-corrected chi connectivity index (χ1v) is 7.02. The number of carbonyl (C=O) groups is 1. The summed E-state index contributed by atoms with van der Waals surface area (Å²) in [4.78, 5) is 13.2. The van der Waals surface area contributed by atoms with Crippen LogP contribution in [0.5, 0.6) is 5.75 Å². The summed E-state index contributed by atoms with van der Waals surface area (Å²) >= 11 is 1.54. The summed E-state index contributed by atoms with van der Waals surface area (Å²) in [6.07, 6.45) is 1.63. The van der Waals surface area contributed by atoms with E-state index in [9.17, 15) is 4.79 Å². The van der Waals surface area contributed by atoms with Crippen molar-refractivity contribution in [2.45, 2.75) is 4.90 Å². The molecule has 0 saturated heterocycles. The van der Waals surface area contributed by atoms with E-state index < -0.39 is 0 Å². The molecular weight excluding hydrogens is 270 g/mol. The van der Waals surface area contributed by atoms with E-state index >= 15 is 0 Å². The van der Waals surface area contributed by atoms with Gasteiger partial charge in [0, 0.05) is 16.5 Å². The van der Waals surface area contributed by atoms with Crippen LogP contribution in [-0.4, -0.2) is 12.9 Å². The van der Waals surface area contributed by atoms with Gasteiger partial charge in [-0.1, -0.05) is 42.1 Å². The second kappa shape index (κ2) is 5.43. The quantitative estimate of drug-likeness (QED) is 0.684. The molecule has 100 valence electrons. The second-order valence-corrected chi connectivity index (χ2v) is 5.41. The van der Waals surface area contributed by atoms with Crippen molar-refractivity contribution in [1.29, 1.82) is 0 Å². The van der Waals surface area contributed by atoms with Gasteiger partial charge < -0.3 is 10.1 Å². The Bertz CT molecular complexity index is 680. The summed E-state index contributed by atoms with van der Waals surface area (Å²) in [5, 5.41) is 4.07. The van der Waals surface area contributed by atoms with Crippen LogP contribution in [0, 0.1) is 0 Å². The van der Waals surface area contributed by atoms with Gasteiger partial charge in [-0.05, 0) is 18.2 Å². The Morgan fingerprint density at radius 1 is 1.20 bits per heavy atom. The summed E-state index contributed by atoms with van der Waals surface area (Å²) in [7, 11) is 1.64. The Morgan fingerprint density at radius 2 is 2.00 bits per heavy atom. The lowest BCUT2D eigenvalue weighted by Crippen LogP contribution is -1.97. The average Bonchev–Trinajstić information content (AvgIpc) is 2.89. The van der Waals surface area contributed by atoms with Gasteiger partial charge in [-0.2, -0.15) is 0 Å². The zero-order valence-electron chi connectivity index (χ0n) is 10.9. The number of methoxy groups -OCH3 is 1. The summed E-state index contributed by atoms with van der Waals surface area (Å²) in [5.74, 6) is 0.814. The normalized spacial score (nSPS) is 14.8. The lowest BCUT2D eigenvalue weighted by atomic mass is 10.1. The van der Waals surface area contributed by atoms with E-state index in [1.807, 2.05) is 48.5 Å². The lowest BCUT2D eigenvalue weighted by molar-refractivity contribution is 0.104. The molecule has 1 aliphatic heterocycles. The van der Waals surface area contributed by atoms with Crippen LogP contribution in [-0.2, 0) is 0 Å². The number of ether oxygens (including phenoxy) is 1. The first-order chi connectivity index (χ1) is 9.76. The highest BCUT2D eigenvalue weighted by Gasteiger charge is 2.17. The molecule has 4 heteroatoms. The van der Waals surface area contributed by atoms with Crippen LogP contribution in [0.1, 0.15) is 10.4 Å². The van der Waals surface area contributed by atoms with E-state index in [0.29, 0.717) is 5.56 Å². The third kappa shape index (κ3) is 2.56. The molecule has 3 rings (SSSR count). The van der Waals surface area contributed by atoms with Crippen molar-refractivity contribution in [2.24, 2.45) is 0 Å². The maximum absolute atomic E-state index is 12.1. The number of carbonyl (C=O) groups excluding carboxylic acids is 1. The Morgan fingerprint density at radius 3 is 2.75 bits per heavy atom. The predicted molar refractivity (Wildman–Crippen MR) is 81.3 cm³/mol. The third-order valence-electron chi connectivity index (χ3n) is 2.99. The number of hydrogen-bond donors (Lipinski definition) is 1. The highest BCUT2D eigenvalue weighted by molar-refractivity contribution is 8.03. The Kier molecular flexibility index (Phi) is 3.48. The molecule has 1 heterocycles. The van der Waals surface area contributed by atoms with Gasteiger partial charge in [-0.25, -0.2) is 0 Å². The molecule has 1 N–H and O–H groups in total. The van der Waals surface area contributed by atoms with E-state index in [4.69, 9.17) is 4.74 Å². The second-order valence-electron chi connectivity index (χ2n) is 4.33. The molecule has 0 saturated carbocycles. The highest BCUT2D eigenvalue weighted by Crippen LogP contribution is 2.42. The molecule has 0 radical (unpaired) electrons. The zero-order chi connectivity index (χ0) is 13.9. The SMILES string of the molecule is COc1ccc2c(c1)SC(=CC(=O)c1ccccc1)N2. The molecule has 0 fully saturated rings. The molecule has 0 bridgehead atoms. The number of anilines is 1. The number of hydrogen-bond acceptors (Lipinski definition) is 4. The van der Waals surface area contributed by atoms with Crippen molar-refractivity contribution in [1.82, 2.24) is 0 Å². The summed E-state index contributed by atoms with van der Waals surface area (Å²) in [6.45, 7) is 0. The van der Waals surface area contributed by atoms with Crippen molar-refractivity contribution < 1.29 is 9.53 Å². The maximum Gasteiger partial charge on any atom is 0.188 e. The molecule has 20 heavy (non-hydrogen) atoms. The smallest absolute Gasteiger partial charge is 0.188 e. The van der Waals surface area contributed by atoms with Gasteiger partial charge in [0.2, 0.25) is 0 Å². The Balaban J connectivity index is 1.81.